The van der Waals surface area contributed by atoms with Crippen LogP contribution in [0.5, 0.6) is 0 Å². The number of amides is 1. The van der Waals surface area contributed by atoms with Crippen LogP contribution in [0, 0.1) is 0 Å². The predicted octanol–water partition coefficient (Wildman–Crippen LogP) is 6.13. The lowest BCUT2D eigenvalue weighted by atomic mass is 9.86. The predicted molar refractivity (Wildman–Crippen MR) is 121 cm³/mol. The standard InChI is InChI=1S/C24H16Cl2F3N3O2/c25-17-8-16(9-18(26)10-17)23(24(27,28)29)11-21(31-34-23)14-4-5-15-12-32(22(33)20(15)7-14)13-19-3-1-2-6-30-19/h1-10H,11-13H2. The van der Waals surface area contributed by atoms with E-state index in [0.717, 1.165) is 11.3 Å². The van der Waals surface area contributed by atoms with Crippen molar-refractivity contribution >= 4 is 34.8 Å². The molecule has 5 nitrogen and oxygen atoms in total. The highest BCUT2D eigenvalue weighted by Crippen LogP contribution is 2.49. The Bertz CT molecular complexity index is 1290. The maximum absolute atomic E-state index is 14.2. The molecule has 1 amide bonds. The zero-order valence-corrected chi connectivity index (χ0v) is 19.0. The zero-order chi connectivity index (χ0) is 24.1. The first kappa shape index (κ1) is 22.7. The second-order valence-electron chi connectivity index (χ2n) is 8.14. The van der Waals surface area contributed by atoms with E-state index in [9.17, 15) is 18.0 Å². The molecule has 0 aliphatic carbocycles. The van der Waals surface area contributed by atoms with Crippen LogP contribution in [0.4, 0.5) is 13.2 Å². The Morgan fingerprint density at radius 1 is 1.06 bits per heavy atom. The van der Waals surface area contributed by atoms with E-state index in [2.05, 4.69) is 10.1 Å². The zero-order valence-electron chi connectivity index (χ0n) is 17.4. The van der Waals surface area contributed by atoms with Gasteiger partial charge in [0, 0.05) is 45.9 Å². The SMILES string of the molecule is O=C1c2cc(C3=NOC(c4cc(Cl)cc(Cl)c4)(C(F)(F)F)C3)ccc2CN1Cc1ccccn1. The summed E-state index contributed by atoms with van der Waals surface area (Å²) >= 11 is 11.9. The number of carbonyl (C=O) groups excluding carboxylic acids is 1. The smallest absolute Gasteiger partial charge is 0.374 e. The minimum atomic E-state index is -4.79. The van der Waals surface area contributed by atoms with Gasteiger partial charge < -0.3 is 9.74 Å². The quantitative estimate of drug-likeness (QED) is 0.428. The third-order valence-corrected chi connectivity index (χ3v) is 6.35. The fraction of sp³-hybridized carbons (Fsp3) is 0.208. The molecule has 2 aromatic carbocycles. The maximum atomic E-state index is 14.2. The number of nitrogens with zero attached hydrogens (tertiary/aromatic N) is 3. The van der Waals surface area contributed by atoms with Crippen LogP contribution in [0.1, 0.15) is 39.2 Å². The molecule has 2 aliphatic rings. The fourth-order valence-corrected chi connectivity index (χ4v) is 4.73. The van der Waals surface area contributed by atoms with Crippen molar-refractivity contribution in [2.24, 2.45) is 5.16 Å². The van der Waals surface area contributed by atoms with Crippen molar-refractivity contribution in [1.82, 2.24) is 9.88 Å². The Morgan fingerprint density at radius 2 is 1.82 bits per heavy atom. The van der Waals surface area contributed by atoms with Crippen molar-refractivity contribution in [3.8, 4) is 0 Å². The molecule has 1 aromatic heterocycles. The molecule has 3 aromatic rings. The highest BCUT2D eigenvalue weighted by atomic mass is 35.5. The molecule has 0 saturated carbocycles. The summed E-state index contributed by atoms with van der Waals surface area (Å²) in [5.74, 6) is -0.217. The highest BCUT2D eigenvalue weighted by molar-refractivity contribution is 6.34. The minimum absolute atomic E-state index is 0.0549. The monoisotopic (exact) mass is 505 g/mol. The van der Waals surface area contributed by atoms with Crippen LogP contribution in [0.3, 0.4) is 0 Å². The molecule has 34 heavy (non-hydrogen) atoms. The number of alkyl halides is 3. The van der Waals surface area contributed by atoms with Gasteiger partial charge in [-0.15, -0.1) is 0 Å². The molecule has 174 valence electrons. The Morgan fingerprint density at radius 3 is 2.50 bits per heavy atom. The molecule has 0 spiro atoms. The normalized spacial score (nSPS) is 19.7. The Labute approximate surface area is 202 Å². The van der Waals surface area contributed by atoms with E-state index >= 15 is 0 Å². The number of oxime groups is 1. The van der Waals surface area contributed by atoms with Gasteiger partial charge in [0.2, 0.25) is 0 Å². The molecule has 1 atom stereocenters. The van der Waals surface area contributed by atoms with Crippen molar-refractivity contribution in [2.75, 3.05) is 0 Å². The van der Waals surface area contributed by atoms with Crippen molar-refractivity contribution in [3.63, 3.8) is 0 Å². The lowest BCUT2D eigenvalue weighted by Gasteiger charge is -2.29. The first-order valence-corrected chi connectivity index (χ1v) is 11.0. The van der Waals surface area contributed by atoms with E-state index in [1.165, 1.54) is 18.2 Å². The highest BCUT2D eigenvalue weighted by Gasteiger charge is 2.62. The van der Waals surface area contributed by atoms with Gasteiger partial charge in [-0.2, -0.15) is 13.2 Å². The van der Waals surface area contributed by atoms with Gasteiger partial charge >= 0.3 is 6.18 Å². The van der Waals surface area contributed by atoms with Gasteiger partial charge in [0.1, 0.15) is 0 Å². The van der Waals surface area contributed by atoms with E-state index in [-0.39, 0.29) is 27.2 Å². The van der Waals surface area contributed by atoms with Gasteiger partial charge in [-0.25, -0.2) is 0 Å². The lowest BCUT2D eigenvalue weighted by Crippen LogP contribution is -2.42. The molecule has 0 saturated heterocycles. The van der Waals surface area contributed by atoms with E-state index in [1.54, 1.807) is 35.4 Å². The Kier molecular flexibility index (Phi) is 5.53. The number of benzene rings is 2. The number of hydrogen-bond acceptors (Lipinski definition) is 4. The van der Waals surface area contributed by atoms with Crippen LogP contribution < -0.4 is 0 Å². The topological polar surface area (TPSA) is 54.8 Å². The van der Waals surface area contributed by atoms with Crippen LogP contribution in [-0.4, -0.2) is 27.7 Å². The van der Waals surface area contributed by atoms with Gasteiger partial charge in [0.05, 0.1) is 18.0 Å². The summed E-state index contributed by atoms with van der Waals surface area (Å²) < 4.78 is 42.7. The summed E-state index contributed by atoms with van der Waals surface area (Å²) in [6, 6.07) is 14.1. The van der Waals surface area contributed by atoms with Gasteiger partial charge in [0.15, 0.2) is 0 Å². The average Bonchev–Trinajstić information content (AvgIpc) is 3.37. The second kappa shape index (κ2) is 8.29. The molecule has 0 bridgehead atoms. The van der Waals surface area contributed by atoms with Crippen LogP contribution in [0.25, 0.3) is 0 Å². The molecule has 0 fully saturated rings. The van der Waals surface area contributed by atoms with E-state index < -0.39 is 18.2 Å². The number of rotatable bonds is 4. The molecule has 1 unspecified atom stereocenters. The van der Waals surface area contributed by atoms with Crippen molar-refractivity contribution < 1.29 is 22.8 Å². The third-order valence-electron chi connectivity index (χ3n) is 5.92. The van der Waals surface area contributed by atoms with E-state index in [1.807, 2.05) is 12.1 Å². The van der Waals surface area contributed by atoms with Crippen LogP contribution in [0.15, 0.2) is 65.9 Å². The second-order valence-corrected chi connectivity index (χ2v) is 9.02. The minimum Gasteiger partial charge on any atom is -0.374 e. The molecular weight excluding hydrogens is 490 g/mol. The summed E-state index contributed by atoms with van der Waals surface area (Å²) in [6.07, 6.45) is -3.73. The largest absolute Gasteiger partial charge is 0.435 e. The van der Waals surface area contributed by atoms with Crippen LogP contribution in [-0.2, 0) is 23.5 Å². The molecule has 5 rings (SSSR count). The number of pyridine rings is 1. The lowest BCUT2D eigenvalue weighted by molar-refractivity contribution is -0.275. The van der Waals surface area contributed by atoms with Gasteiger partial charge in [-0.3, -0.25) is 9.78 Å². The average molecular weight is 506 g/mol. The third kappa shape index (κ3) is 3.91. The summed E-state index contributed by atoms with van der Waals surface area (Å²) in [5.41, 5.74) is -0.564. The summed E-state index contributed by atoms with van der Waals surface area (Å²) in [6.45, 7) is 0.724. The Hall–Kier alpha value is -3.10. The van der Waals surface area contributed by atoms with Gasteiger partial charge in [-0.1, -0.05) is 46.6 Å². The fourth-order valence-electron chi connectivity index (χ4n) is 4.20. The molecule has 0 radical (unpaired) electrons. The van der Waals surface area contributed by atoms with Crippen molar-refractivity contribution in [3.05, 3.63) is 98.8 Å². The molecule has 2 aliphatic heterocycles. The summed E-state index contributed by atoms with van der Waals surface area (Å²) in [7, 11) is 0. The molecule has 10 heteroatoms. The van der Waals surface area contributed by atoms with Crippen LogP contribution >= 0.6 is 23.2 Å². The summed E-state index contributed by atoms with van der Waals surface area (Å²) in [4.78, 5) is 23.9. The maximum Gasteiger partial charge on any atom is 0.435 e. The van der Waals surface area contributed by atoms with Gasteiger partial charge in [0.25, 0.3) is 11.5 Å². The first-order valence-electron chi connectivity index (χ1n) is 10.3. The van der Waals surface area contributed by atoms with E-state index in [4.69, 9.17) is 28.0 Å². The van der Waals surface area contributed by atoms with E-state index in [0.29, 0.717) is 24.2 Å². The number of fused-ring (bicyclic) bond motifs is 1. The van der Waals surface area contributed by atoms with Crippen LogP contribution in [0.2, 0.25) is 10.0 Å². The van der Waals surface area contributed by atoms with Crippen molar-refractivity contribution in [2.45, 2.75) is 31.3 Å². The number of aromatic nitrogens is 1. The number of carbonyl (C=O) groups is 1. The number of halogens is 5. The molecule has 3 heterocycles. The summed E-state index contributed by atoms with van der Waals surface area (Å²) in [5, 5.41) is 3.88. The first-order chi connectivity index (χ1) is 16.2. The Balaban J connectivity index is 1.43. The molecular formula is C24H16Cl2F3N3O2. The van der Waals surface area contributed by atoms with Gasteiger partial charge in [-0.05, 0) is 42.0 Å². The number of hydrogen-bond donors (Lipinski definition) is 0. The van der Waals surface area contributed by atoms with Crippen molar-refractivity contribution in [1.29, 1.82) is 0 Å². The molecule has 0 N–H and O–H groups in total.